The molecule has 4 rings (SSSR count). The molecule has 1 amide bonds. The van der Waals surface area contributed by atoms with Crippen LogP contribution in [-0.2, 0) is 4.79 Å². The lowest BCUT2D eigenvalue weighted by Crippen LogP contribution is -2.29. The molecule has 2 aliphatic heterocycles. The normalized spacial score (nSPS) is 17.2. The molecule has 0 aliphatic carbocycles. The molecular formula is C29H40N4O2S2. The first-order valence-corrected chi connectivity index (χ1v) is 15.3. The van der Waals surface area contributed by atoms with E-state index in [1.54, 1.807) is 21.6 Å². The molecule has 2 fully saturated rings. The van der Waals surface area contributed by atoms with E-state index in [9.17, 15) is 9.59 Å². The second-order valence-corrected chi connectivity index (χ2v) is 11.9. The smallest absolute Gasteiger partial charge is 0.267 e. The SMILES string of the molecule is CCCCCCCCCCCCN1C(=O)/C(=C\c2c(N3CCCC3)nc3c(C)cccn3c2=O)SC1=S. The molecule has 0 spiro atoms. The quantitative estimate of drug-likeness (QED) is 0.160. The van der Waals surface area contributed by atoms with Gasteiger partial charge in [-0.15, -0.1) is 0 Å². The maximum absolute atomic E-state index is 13.6. The Morgan fingerprint density at radius 1 is 1.00 bits per heavy atom. The number of fused-ring (bicyclic) bond motifs is 1. The average molecular weight is 541 g/mol. The maximum Gasteiger partial charge on any atom is 0.267 e. The summed E-state index contributed by atoms with van der Waals surface area (Å²) < 4.78 is 2.17. The van der Waals surface area contributed by atoms with Crippen molar-refractivity contribution in [2.24, 2.45) is 0 Å². The van der Waals surface area contributed by atoms with Crippen molar-refractivity contribution in [3.05, 3.63) is 44.7 Å². The largest absolute Gasteiger partial charge is 0.356 e. The fraction of sp³-hybridized carbons (Fsp3) is 0.586. The second-order valence-electron chi connectivity index (χ2n) is 10.2. The molecule has 37 heavy (non-hydrogen) atoms. The molecule has 200 valence electrons. The Hall–Kier alpha value is -2.19. The number of nitrogens with zero attached hydrogens (tertiary/aromatic N) is 4. The van der Waals surface area contributed by atoms with Crippen LogP contribution in [0.4, 0.5) is 5.82 Å². The summed E-state index contributed by atoms with van der Waals surface area (Å²) in [6.07, 6.45) is 18.2. The number of pyridine rings is 1. The third kappa shape index (κ3) is 6.82. The van der Waals surface area contributed by atoms with E-state index in [0.29, 0.717) is 32.8 Å². The lowest BCUT2D eigenvalue weighted by Gasteiger charge is -2.20. The number of carbonyl (C=O) groups is 1. The van der Waals surface area contributed by atoms with E-state index in [0.717, 1.165) is 44.3 Å². The van der Waals surface area contributed by atoms with Gasteiger partial charge in [-0.25, -0.2) is 4.98 Å². The minimum atomic E-state index is -0.143. The molecule has 2 aromatic rings. The van der Waals surface area contributed by atoms with Gasteiger partial charge in [-0.3, -0.25) is 18.9 Å². The van der Waals surface area contributed by atoms with Crippen LogP contribution in [0.1, 0.15) is 95.1 Å². The van der Waals surface area contributed by atoms with E-state index < -0.39 is 0 Å². The van der Waals surface area contributed by atoms with Crippen LogP contribution in [0.2, 0.25) is 0 Å². The summed E-state index contributed by atoms with van der Waals surface area (Å²) in [5.74, 6) is 0.587. The van der Waals surface area contributed by atoms with E-state index in [-0.39, 0.29) is 11.5 Å². The zero-order chi connectivity index (χ0) is 26.2. The van der Waals surface area contributed by atoms with Crippen molar-refractivity contribution < 1.29 is 4.79 Å². The van der Waals surface area contributed by atoms with Crippen LogP contribution in [0, 0.1) is 6.92 Å². The van der Waals surface area contributed by atoms with Gasteiger partial charge in [0.1, 0.15) is 15.8 Å². The van der Waals surface area contributed by atoms with Crippen molar-refractivity contribution in [1.29, 1.82) is 0 Å². The summed E-state index contributed by atoms with van der Waals surface area (Å²) in [6, 6.07) is 3.82. The molecule has 0 bridgehead atoms. The van der Waals surface area contributed by atoms with E-state index in [1.165, 1.54) is 63.1 Å². The zero-order valence-electron chi connectivity index (χ0n) is 22.3. The van der Waals surface area contributed by atoms with Crippen molar-refractivity contribution in [1.82, 2.24) is 14.3 Å². The zero-order valence-corrected chi connectivity index (χ0v) is 24.0. The monoisotopic (exact) mass is 540 g/mol. The number of unbranched alkanes of at least 4 members (excludes halogenated alkanes) is 9. The van der Waals surface area contributed by atoms with E-state index in [2.05, 4.69) is 11.8 Å². The number of thiocarbonyl (C=S) groups is 1. The third-order valence-corrected chi connectivity index (χ3v) is 8.73. The van der Waals surface area contributed by atoms with E-state index in [1.807, 2.05) is 19.1 Å². The lowest BCUT2D eigenvalue weighted by molar-refractivity contribution is -0.122. The van der Waals surface area contributed by atoms with Gasteiger partial charge in [0.2, 0.25) is 0 Å². The van der Waals surface area contributed by atoms with Gasteiger partial charge in [0.15, 0.2) is 0 Å². The lowest BCUT2D eigenvalue weighted by atomic mass is 10.1. The number of carbonyl (C=O) groups excluding carboxylic acids is 1. The number of hydrogen-bond donors (Lipinski definition) is 0. The minimum absolute atomic E-state index is 0.0907. The average Bonchev–Trinajstić information content (AvgIpc) is 3.51. The minimum Gasteiger partial charge on any atom is -0.356 e. The first-order chi connectivity index (χ1) is 18.0. The van der Waals surface area contributed by atoms with Crippen molar-refractivity contribution in [3.63, 3.8) is 0 Å². The fourth-order valence-electron chi connectivity index (χ4n) is 5.18. The van der Waals surface area contributed by atoms with E-state index in [4.69, 9.17) is 17.2 Å². The summed E-state index contributed by atoms with van der Waals surface area (Å²) in [6.45, 7) is 6.60. The number of anilines is 1. The Morgan fingerprint density at radius 2 is 1.65 bits per heavy atom. The molecule has 2 aliphatic rings. The predicted octanol–water partition coefficient (Wildman–Crippen LogP) is 6.73. The van der Waals surface area contributed by atoms with Gasteiger partial charge in [-0.05, 0) is 43.9 Å². The van der Waals surface area contributed by atoms with Crippen molar-refractivity contribution in [2.45, 2.75) is 90.9 Å². The molecular weight excluding hydrogens is 500 g/mol. The molecule has 0 radical (unpaired) electrons. The number of aromatic nitrogens is 2. The standard InChI is InChI=1S/C29H40N4O2S2/c1-3-4-5-6-7-8-9-10-11-12-19-33-28(35)24(37-29(33)36)21-23-26(31-17-13-14-18-31)30-25-22(2)16-15-20-32(25)27(23)34/h15-16,20-21H,3-14,17-19H2,1-2H3/b24-21+. The van der Waals surface area contributed by atoms with Gasteiger partial charge in [0.25, 0.3) is 11.5 Å². The number of thioether (sulfide) groups is 1. The summed E-state index contributed by atoms with van der Waals surface area (Å²) in [4.78, 5) is 36.2. The predicted molar refractivity (Wildman–Crippen MR) is 159 cm³/mol. The Bertz CT molecular complexity index is 1200. The highest BCUT2D eigenvalue weighted by Gasteiger charge is 2.32. The van der Waals surface area contributed by atoms with Crippen LogP contribution >= 0.6 is 24.0 Å². The van der Waals surface area contributed by atoms with Gasteiger partial charge < -0.3 is 4.90 Å². The second kappa shape index (κ2) is 13.6. The van der Waals surface area contributed by atoms with Crippen LogP contribution < -0.4 is 10.5 Å². The Kier molecular flexibility index (Phi) is 10.2. The molecule has 0 saturated carbocycles. The summed E-state index contributed by atoms with van der Waals surface area (Å²) >= 11 is 6.87. The molecule has 4 heterocycles. The van der Waals surface area contributed by atoms with Crippen molar-refractivity contribution >= 4 is 51.7 Å². The highest BCUT2D eigenvalue weighted by molar-refractivity contribution is 8.26. The number of amides is 1. The van der Waals surface area contributed by atoms with Gasteiger partial charge >= 0.3 is 0 Å². The van der Waals surface area contributed by atoms with Crippen LogP contribution in [0.5, 0.6) is 0 Å². The number of rotatable bonds is 13. The van der Waals surface area contributed by atoms with Gasteiger partial charge in [0, 0.05) is 25.8 Å². The molecule has 8 heteroatoms. The first kappa shape index (κ1) is 27.8. The summed E-state index contributed by atoms with van der Waals surface area (Å²) in [7, 11) is 0. The molecule has 0 atom stereocenters. The van der Waals surface area contributed by atoms with Crippen LogP contribution in [-0.4, -0.2) is 44.1 Å². The van der Waals surface area contributed by atoms with Gasteiger partial charge in [-0.1, -0.05) is 94.8 Å². The van der Waals surface area contributed by atoms with Crippen LogP contribution in [0.25, 0.3) is 11.7 Å². The van der Waals surface area contributed by atoms with Crippen molar-refractivity contribution in [3.8, 4) is 0 Å². The van der Waals surface area contributed by atoms with E-state index >= 15 is 0 Å². The highest BCUT2D eigenvalue weighted by Crippen LogP contribution is 2.34. The summed E-state index contributed by atoms with van der Waals surface area (Å²) in [5.41, 5.74) is 1.95. The molecule has 0 N–H and O–H groups in total. The molecule has 2 saturated heterocycles. The Morgan fingerprint density at radius 3 is 2.32 bits per heavy atom. The molecule has 6 nitrogen and oxygen atoms in total. The maximum atomic E-state index is 13.6. The Balaban J connectivity index is 1.42. The van der Waals surface area contributed by atoms with Crippen LogP contribution in [0.3, 0.4) is 0 Å². The first-order valence-electron chi connectivity index (χ1n) is 14.0. The number of hydrogen-bond acceptors (Lipinski definition) is 6. The molecule has 0 unspecified atom stereocenters. The van der Waals surface area contributed by atoms with Crippen molar-refractivity contribution in [2.75, 3.05) is 24.5 Å². The number of aryl methyl sites for hydroxylation is 1. The fourth-order valence-corrected chi connectivity index (χ4v) is 6.47. The van der Waals surface area contributed by atoms with Gasteiger partial charge in [0.05, 0.1) is 10.5 Å². The van der Waals surface area contributed by atoms with Gasteiger partial charge in [-0.2, -0.15) is 0 Å². The molecule has 2 aromatic heterocycles. The third-order valence-electron chi connectivity index (χ3n) is 7.35. The Labute approximate surface area is 230 Å². The summed E-state index contributed by atoms with van der Waals surface area (Å²) in [5, 5.41) is 0. The van der Waals surface area contributed by atoms with Crippen LogP contribution in [0.15, 0.2) is 28.0 Å². The molecule has 0 aromatic carbocycles. The highest BCUT2D eigenvalue weighted by atomic mass is 32.2. The topological polar surface area (TPSA) is 57.9 Å².